The number of piperazine rings is 1. The van der Waals surface area contributed by atoms with Crippen LogP contribution in [0.1, 0.15) is 19.8 Å². The summed E-state index contributed by atoms with van der Waals surface area (Å²) in [5, 5.41) is 11.2. The van der Waals surface area contributed by atoms with Crippen LogP contribution in [-0.2, 0) is 4.79 Å². The van der Waals surface area contributed by atoms with Crippen LogP contribution in [0, 0.1) is 0 Å². The van der Waals surface area contributed by atoms with Crippen LogP contribution in [-0.4, -0.2) is 65.2 Å². The molecular weight excluding hydrogens is 222 g/mol. The van der Waals surface area contributed by atoms with Gasteiger partial charge in [-0.15, -0.1) is 0 Å². The van der Waals surface area contributed by atoms with Gasteiger partial charge in [-0.1, -0.05) is 0 Å². The number of nitrogens with zero attached hydrogens (tertiary/aromatic N) is 2. The normalized spacial score (nSPS) is 23.2. The van der Waals surface area contributed by atoms with Crippen LogP contribution < -0.4 is 5.32 Å². The third kappa shape index (κ3) is 3.09. The van der Waals surface area contributed by atoms with Crippen molar-refractivity contribution >= 4 is 12.0 Å². The maximum atomic E-state index is 11.7. The quantitative estimate of drug-likeness (QED) is 0.726. The fourth-order valence-electron chi connectivity index (χ4n) is 2.07. The van der Waals surface area contributed by atoms with E-state index in [0.29, 0.717) is 13.1 Å². The van der Waals surface area contributed by atoms with Gasteiger partial charge in [-0.3, -0.25) is 9.69 Å². The summed E-state index contributed by atoms with van der Waals surface area (Å²) in [6.45, 7) is 4.66. The Balaban J connectivity index is 1.75. The lowest BCUT2D eigenvalue weighted by atomic mass is 10.3. The summed E-state index contributed by atoms with van der Waals surface area (Å²) in [6.07, 6.45) is 2.56. The smallest absolute Gasteiger partial charge is 0.325 e. The molecule has 0 aromatic heterocycles. The molecule has 2 N–H and O–H groups in total. The summed E-state index contributed by atoms with van der Waals surface area (Å²) in [4.78, 5) is 26.5. The summed E-state index contributed by atoms with van der Waals surface area (Å²) >= 11 is 0. The second-order valence-corrected chi connectivity index (χ2v) is 4.76. The van der Waals surface area contributed by atoms with Gasteiger partial charge in [0.25, 0.3) is 0 Å². The van der Waals surface area contributed by atoms with Gasteiger partial charge in [0, 0.05) is 32.2 Å². The Morgan fingerprint density at radius 3 is 2.29 bits per heavy atom. The van der Waals surface area contributed by atoms with Gasteiger partial charge >= 0.3 is 12.0 Å². The number of aliphatic carboxylic acids is 1. The van der Waals surface area contributed by atoms with Crippen LogP contribution in [0.2, 0.25) is 0 Å². The van der Waals surface area contributed by atoms with Gasteiger partial charge in [-0.25, -0.2) is 4.79 Å². The highest BCUT2D eigenvalue weighted by Crippen LogP contribution is 2.27. The topological polar surface area (TPSA) is 72.9 Å². The summed E-state index contributed by atoms with van der Waals surface area (Å²) in [5.41, 5.74) is 0. The van der Waals surface area contributed by atoms with E-state index in [2.05, 4.69) is 10.2 Å². The number of carboxylic acids is 1. The molecule has 1 aliphatic carbocycles. The van der Waals surface area contributed by atoms with Gasteiger partial charge in [0.15, 0.2) is 0 Å². The number of carbonyl (C=O) groups is 2. The standard InChI is InChI=1S/C11H19N3O3/c1-8(10(15)16)12-11(17)14-6-4-13(5-7-14)9-2-3-9/h8-9H,2-7H2,1H3,(H,12,17)(H,15,16)/t8-/m1/s1. The maximum absolute atomic E-state index is 11.7. The molecule has 0 aromatic carbocycles. The summed E-state index contributed by atoms with van der Waals surface area (Å²) in [7, 11) is 0. The highest BCUT2D eigenvalue weighted by molar-refractivity contribution is 5.82. The molecule has 2 aliphatic rings. The zero-order valence-electron chi connectivity index (χ0n) is 10.1. The summed E-state index contributed by atoms with van der Waals surface area (Å²) < 4.78 is 0. The molecule has 0 aromatic rings. The highest BCUT2D eigenvalue weighted by atomic mass is 16.4. The van der Waals surface area contributed by atoms with Crippen molar-refractivity contribution in [3.63, 3.8) is 0 Å². The molecule has 1 atom stereocenters. The van der Waals surface area contributed by atoms with Crippen LogP contribution in [0.25, 0.3) is 0 Å². The van der Waals surface area contributed by atoms with E-state index in [-0.39, 0.29) is 6.03 Å². The van der Waals surface area contributed by atoms with E-state index in [9.17, 15) is 9.59 Å². The third-order valence-electron chi connectivity index (χ3n) is 3.38. The number of nitrogens with one attached hydrogen (secondary N) is 1. The van der Waals surface area contributed by atoms with Gasteiger partial charge in [0.05, 0.1) is 0 Å². The average molecular weight is 241 g/mol. The molecule has 2 fully saturated rings. The van der Waals surface area contributed by atoms with Crippen molar-refractivity contribution in [2.75, 3.05) is 26.2 Å². The highest BCUT2D eigenvalue weighted by Gasteiger charge is 2.32. The number of amides is 2. The number of hydrogen-bond acceptors (Lipinski definition) is 3. The second-order valence-electron chi connectivity index (χ2n) is 4.76. The van der Waals surface area contributed by atoms with Crippen molar-refractivity contribution in [3.8, 4) is 0 Å². The largest absolute Gasteiger partial charge is 0.480 e. The van der Waals surface area contributed by atoms with Crippen molar-refractivity contribution in [3.05, 3.63) is 0 Å². The fraction of sp³-hybridized carbons (Fsp3) is 0.818. The van der Waals surface area contributed by atoms with Gasteiger partial charge in [-0.05, 0) is 19.8 Å². The molecule has 1 aliphatic heterocycles. The van der Waals surface area contributed by atoms with Gasteiger partial charge < -0.3 is 15.3 Å². The first-order valence-electron chi connectivity index (χ1n) is 6.10. The van der Waals surface area contributed by atoms with Crippen LogP contribution in [0.4, 0.5) is 4.79 Å². The molecule has 0 radical (unpaired) electrons. The average Bonchev–Trinajstić information content (AvgIpc) is 3.13. The molecule has 96 valence electrons. The van der Waals surface area contributed by atoms with E-state index in [0.717, 1.165) is 19.1 Å². The Hall–Kier alpha value is -1.30. The Kier molecular flexibility index (Phi) is 3.51. The molecule has 6 heteroatoms. The monoisotopic (exact) mass is 241 g/mol. The predicted octanol–water partition coefficient (Wildman–Crippen LogP) is -0.0509. The van der Waals surface area contributed by atoms with Crippen LogP contribution >= 0.6 is 0 Å². The summed E-state index contributed by atoms with van der Waals surface area (Å²) in [5.74, 6) is -1.00. The minimum atomic E-state index is -1.00. The van der Waals surface area contributed by atoms with E-state index in [4.69, 9.17) is 5.11 Å². The molecule has 17 heavy (non-hydrogen) atoms. The van der Waals surface area contributed by atoms with E-state index < -0.39 is 12.0 Å². The molecule has 1 saturated carbocycles. The maximum Gasteiger partial charge on any atom is 0.325 e. The number of rotatable bonds is 3. The van der Waals surface area contributed by atoms with E-state index in [1.165, 1.54) is 19.8 Å². The molecule has 2 rings (SSSR count). The number of carbonyl (C=O) groups excluding carboxylic acids is 1. The minimum Gasteiger partial charge on any atom is -0.480 e. The minimum absolute atomic E-state index is 0.268. The number of hydrogen-bond donors (Lipinski definition) is 2. The van der Waals surface area contributed by atoms with Crippen molar-refractivity contribution < 1.29 is 14.7 Å². The van der Waals surface area contributed by atoms with Crippen LogP contribution in [0.5, 0.6) is 0 Å². The van der Waals surface area contributed by atoms with Crippen molar-refractivity contribution in [1.82, 2.24) is 15.1 Å². The summed E-state index contributed by atoms with van der Waals surface area (Å²) in [6, 6.07) is -0.363. The van der Waals surface area contributed by atoms with E-state index in [1.807, 2.05) is 0 Å². The second kappa shape index (κ2) is 4.91. The van der Waals surface area contributed by atoms with Crippen LogP contribution in [0.3, 0.4) is 0 Å². The lowest BCUT2D eigenvalue weighted by Gasteiger charge is -2.35. The fourth-order valence-corrected chi connectivity index (χ4v) is 2.07. The van der Waals surface area contributed by atoms with E-state index in [1.54, 1.807) is 4.90 Å². The van der Waals surface area contributed by atoms with Gasteiger partial charge in [0.2, 0.25) is 0 Å². The zero-order chi connectivity index (χ0) is 12.4. The molecule has 0 unspecified atom stereocenters. The Labute approximate surface area is 101 Å². The Morgan fingerprint density at radius 1 is 1.24 bits per heavy atom. The van der Waals surface area contributed by atoms with Crippen LogP contribution in [0.15, 0.2) is 0 Å². The molecule has 0 spiro atoms. The SMILES string of the molecule is C[C@@H](NC(=O)N1CCN(C2CC2)CC1)C(=O)O. The zero-order valence-corrected chi connectivity index (χ0v) is 10.1. The molecular formula is C11H19N3O3. The molecule has 1 saturated heterocycles. The van der Waals surface area contributed by atoms with Gasteiger partial charge in [0.1, 0.15) is 6.04 Å². The molecule has 0 bridgehead atoms. The van der Waals surface area contributed by atoms with Crippen molar-refractivity contribution in [2.24, 2.45) is 0 Å². The number of carboxylic acid groups (broad SMARTS) is 1. The molecule has 1 heterocycles. The lowest BCUT2D eigenvalue weighted by Crippen LogP contribution is -2.54. The first kappa shape index (κ1) is 12.2. The molecule has 6 nitrogen and oxygen atoms in total. The van der Waals surface area contributed by atoms with Crippen molar-refractivity contribution in [2.45, 2.75) is 31.8 Å². The first-order valence-corrected chi connectivity index (χ1v) is 6.10. The van der Waals surface area contributed by atoms with Crippen molar-refractivity contribution in [1.29, 1.82) is 0 Å². The first-order chi connectivity index (χ1) is 8.08. The third-order valence-corrected chi connectivity index (χ3v) is 3.38. The Bertz CT molecular complexity index is 309. The predicted molar refractivity (Wildman–Crippen MR) is 61.8 cm³/mol. The lowest BCUT2D eigenvalue weighted by molar-refractivity contribution is -0.138. The van der Waals surface area contributed by atoms with Gasteiger partial charge in [-0.2, -0.15) is 0 Å². The number of urea groups is 1. The Morgan fingerprint density at radius 2 is 1.82 bits per heavy atom. The molecule has 2 amide bonds. The van der Waals surface area contributed by atoms with E-state index >= 15 is 0 Å².